The van der Waals surface area contributed by atoms with Crippen molar-refractivity contribution in [2.45, 2.75) is 96.4 Å². The highest BCUT2D eigenvalue weighted by atomic mass is 79.9. The smallest absolute Gasteiger partial charge is 0.169 e. The summed E-state index contributed by atoms with van der Waals surface area (Å²) < 4.78 is 2.34. The maximum atomic E-state index is 3.67. The number of pyridine rings is 1. The van der Waals surface area contributed by atoms with Crippen molar-refractivity contribution in [1.29, 1.82) is 0 Å². The molecule has 0 N–H and O–H groups in total. The van der Waals surface area contributed by atoms with Crippen LogP contribution in [0.2, 0.25) is 0 Å². The predicted molar refractivity (Wildman–Crippen MR) is 105 cm³/mol. The van der Waals surface area contributed by atoms with Crippen LogP contribution in [0.25, 0.3) is 0 Å². The molecule has 0 amide bonds. The normalized spacial score (nSPS) is 12.4. The molecule has 0 saturated carbocycles. The van der Waals surface area contributed by atoms with E-state index in [1.165, 1.54) is 83.5 Å². The van der Waals surface area contributed by atoms with Gasteiger partial charge in [0.1, 0.15) is 0 Å². The molecule has 1 nitrogen and oxygen atoms in total. The van der Waals surface area contributed by atoms with Gasteiger partial charge in [-0.2, -0.15) is 0 Å². The van der Waals surface area contributed by atoms with Crippen LogP contribution in [0.5, 0.6) is 0 Å². The predicted octanol–water partition coefficient (Wildman–Crippen LogP) is 7.00. The summed E-state index contributed by atoms with van der Waals surface area (Å²) in [5.74, 6) is 0. The highest BCUT2D eigenvalue weighted by Crippen LogP contribution is 2.15. The van der Waals surface area contributed by atoms with Crippen LogP contribution in [0.1, 0.15) is 96.4 Å². The van der Waals surface area contributed by atoms with Gasteiger partial charge >= 0.3 is 0 Å². The fourth-order valence-electron chi connectivity index (χ4n) is 3.18. The Morgan fingerprint density at radius 2 is 1.17 bits per heavy atom. The molecule has 0 aromatic carbocycles. The summed E-state index contributed by atoms with van der Waals surface area (Å²) in [6, 6.07) is 6.95. The van der Waals surface area contributed by atoms with Crippen LogP contribution in [0, 0.1) is 0 Å². The van der Waals surface area contributed by atoms with Gasteiger partial charge in [0.25, 0.3) is 0 Å². The molecule has 0 saturated heterocycles. The average Bonchev–Trinajstić information content (AvgIpc) is 2.60. The first kappa shape index (κ1) is 20.7. The maximum absolute atomic E-state index is 3.67. The number of hydrogen-bond donors (Lipinski definition) is 0. The first-order chi connectivity index (χ1) is 11.4. The van der Waals surface area contributed by atoms with Crippen molar-refractivity contribution in [2.24, 2.45) is 0 Å². The number of rotatable bonds is 15. The Labute approximate surface area is 153 Å². The second kappa shape index (κ2) is 15.2. The summed E-state index contributed by atoms with van der Waals surface area (Å²) in [6.45, 7) is 2.29. The van der Waals surface area contributed by atoms with Crippen LogP contribution in [0.4, 0.5) is 0 Å². The topological polar surface area (TPSA) is 3.88 Å². The Kier molecular flexibility index (Phi) is 13.6. The number of aromatic nitrogens is 1. The molecule has 0 aliphatic heterocycles. The van der Waals surface area contributed by atoms with E-state index in [9.17, 15) is 0 Å². The summed E-state index contributed by atoms with van der Waals surface area (Å²) >= 11 is 3.67. The van der Waals surface area contributed by atoms with E-state index in [0.717, 1.165) is 5.33 Å². The molecular weight excluding hydrogens is 346 g/mol. The van der Waals surface area contributed by atoms with Gasteiger partial charge in [-0.1, -0.05) is 99.5 Å². The van der Waals surface area contributed by atoms with Gasteiger partial charge in [-0.15, -0.1) is 0 Å². The summed E-state index contributed by atoms with van der Waals surface area (Å²) in [5, 5.41) is 1.06. The van der Waals surface area contributed by atoms with E-state index in [4.69, 9.17) is 0 Å². The van der Waals surface area contributed by atoms with Crippen LogP contribution in [0.15, 0.2) is 30.6 Å². The van der Waals surface area contributed by atoms with E-state index in [0.29, 0.717) is 6.04 Å². The van der Waals surface area contributed by atoms with E-state index in [2.05, 4.69) is 58.0 Å². The molecule has 1 heterocycles. The monoisotopic (exact) mass is 382 g/mol. The van der Waals surface area contributed by atoms with Gasteiger partial charge in [0.2, 0.25) is 0 Å². The highest BCUT2D eigenvalue weighted by molar-refractivity contribution is 9.09. The molecule has 2 heteroatoms. The molecule has 0 fully saturated rings. The number of halogens is 1. The second-order valence-corrected chi connectivity index (χ2v) is 7.46. The van der Waals surface area contributed by atoms with Gasteiger partial charge in [-0.3, -0.25) is 0 Å². The molecule has 1 atom stereocenters. The largest absolute Gasteiger partial charge is 0.202 e. The van der Waals surface area contributed by atoms with Gasteiger partial charge in [0.05, 0.1) is 5.33 Å². The second-order valence-electron chi connectivity index (χ2n) is 6.81. The number of alkyl halides is 1. The lowest BCUT2D eigenvalue weighted by molar-refractivity contribution is -0.719. The maximum Gasteiger partial charge on any atom is 0.169 e. The van der Waals surface area contributed by atoms with Crippen LogP contribution in [0.3, 0.4) is 0 Å². The Bertz CT molecular complexity index is 352. The van der Waals surface area contributed by atoms with Crippen molar-refractivity contribution in [3.63, 3.8) is 0 Å². The van der Waals surface area contributed by atoms with Crippen molar-refractivity contribution in [1.82, 2.24) is 0 Å². The highest BCUT2D eigenvalue weighted by Gasteiger charge is 2.15. The lowest BCUT2D eigenvalue weighted by atomic mass is 10.0. The van der Waals surface area contributed by atoms with E-state index in [1.54, 1.807) is 0 Å². The summed E-state index contributed by atoms with van der Waals surface area (Å²) in [5.41, 5.74) is 0. The average molecular weight is 383 g/mol. The lowest BCUT2D eigenvalue weighted by Gasteiger charge is -2.09. The number of unbranched alkanes of at least 4 members (excludes halogenated alkanes) is 11. The molecule has 1 aromatic rings. The van der Waals surface area contributed by atoms with Crippen molar-refractivity contribution >= 4 is 15.9 Å². The van der Waals surface area contributed by atoms with Crippen LogP contribution in [-0.2, 0) is 0 Å². The molecule has 132 valence electrons. The molecule has 0 unspecified atom stereocenters. The van der Waals surface area contributed by atoms with Crippen molar-refractivity contribution in [3.8, 4) is 0 Å². The fourth-order valence-corrected chi connectivity index (χ4v) is 3.84. The molecule has 0 aliphatic rings. The van der Waals surface area contributed by atoms with Crippen molar-refractivity contribution in [3.05, 3.63) is 30.6 Å². The molecule has 0 aliphatic carbocycles. The van der Waals surface area contributed by atoms with E-state index in [1.807, 2.05) is 0 Å². The Balaban J connectivity index is 1.91. The first-order valence-electron chi connectivity index (χ1n) is 9.90. The van der Waals surface area contributed by atoms with E-state index >= 15 is 0 Å². The van der Waals surface area contributed by atoms with Gasteiger partial charge in [-0.05, 0) is 6.42 Å². The third-order valence-corrected chi connectivity index (χ3v) is 5.48. The van der Waals surface area contributed by atoms with Gasteiger partial charge in [-0.25, -0.2) is 4.57 Å². The Morgan fingerprint density at radius 3 is 1.65 bits per heavy atom. The zero-order valence-electron chi connectivity index (χ0n) is 15.2. The van der Waals surface area contributed by atoms with Crippen LogP contribution >= 0.6 is 15.9 Å². The Hall–Kier alpha value is -0.370. The first-order valence-corrected chi connectivity index (χ1v) is 11.0. The number of nitrogens with zero attached hydrogens (tertiary/aromatic N) is 1. The summed E-state index contributed by atoms with van der Waals surface area (Å²) in [6.07, 6.45) is 22.8. The minimum atomic E-state index is 0.610. The minimum absolute atomic E-state index is 0.610. The SMILES string of the molecule is CCCCCCCCCCCCCC[C@@H](CBr)[n+]1ccccc1. The third-order valence-electron chi connectivity index (χ3n) is 4.73. The zero-order chi connectivity index (χ0) is 16.6. The fraction of sp³-hybridized carbons (Fsp3) is 0.762. The molecular formula is C21H37BrN+. The number of hydrogen-bond acceptors (Lipinski definition) is 0. The molecule has 23 heavy (non-hydrogen) atoms. The molecule has 0 spiro atoms. The Morgan fingerprint density at radius 1 is 0.696 bits per heavy atom. The van der Waals surface area contributed by atoms with Gasteiger partial charge in [0, 0.05) is 18.6 Å². The molecule has 1 aromatic heterocycles. The molecule has 1 rings (SSSR count). The molecule has 0 radical (unpaired) electrons. The van der Waals surface area contributed by atoms with E-state index < -0.39 is 0 Å². The van der Waals surface area contributed by atoms with Gasteiger partial charge in [0.15, 0.2) is 18.4 Å². The van der Waals surface area contributed by atoms with Crippen LogP contribution in [-0.4, -0.2) is 5.33 Å². The summed E-state index contributed by atoms with van der Waals surface area (Å²) in [4.78, 5) is 0. The van der Waals surface area contributed by atoms with Crippen molar-refractivity contribution < 1.29 is 4.57 Å². The lowest BCUT2D eigenvalue weighted by Crippen LogP contribution is -2.39. The third kappa shape index (κ3) is 10.9. The van der Waals surface area contributed by atoms with E-state index in [-0.39, 0.29) is 0 Å². The van der Waals surface area contributed by atoms with Gasteiger partial charge < -0.3 is 0 Å². The van der Waals surface area contributed by atoms with Crippen molar-refractivity contribution in [2.75, 3.05) is 5.33 Å². The zero-order valence-corrected chi connectivity index (χ0v) is 16.8. The van der Waals surface area contributed by atoms with Crippen LogP contribution < -0.4 is 4.57 Å². The minimum Gasteiger partial charge on any atom is -0.202 e. The quantitative estimate of drug-likeness (QED) is 0.174. The molecule has 0 bridgehead atoms. The summed E-state index contributed by atoms with van der Waals surface area (Å²) in [7, 11) is 0. The standard InChI is InChI=1S/C21H37BrN/c1-2-3-4-5-6-7-8-9-10-11-12-14-17-21(20-22)23-18-15-13-16-19-23/h13,15-16,18-19,21H,2-12,14,17,20H2,1H3/q+1/t21-/m0/s1.